The highest BCUT2D eigenvalue weighted by Crippen LogP contribution is 2.23. The van der Waals surface area contributed by atoms with Crippen LogP contribution in [0.4, 0.5) is 0 Å². The minimum Gasteiger partial charge on any atom is -0.388 e. The third kappa shape index (κ3) is 12.0. The van der Waals surface area contributed by atoms with Gasteiger partial charge in [0.15, 0.2) is 6.29 Å². The van der Waals surface area contributed by atoms with Crippen molar-refractivity contribution in [2.45, 2.75) is 123 Å². The van der Waals surface area contributed by atoms with Crippen LogP contribution in [-0.2, 0) is 9.47 Å². The first-order valence-electron chi connectivity index (χ1n) is 12.5. The summed E-state index contributed by atoms with van der Waals surface area (Å²) in [5.74, 6) is 3.07. The van der Waals surface area contributed by atoms with Crippen LogP contribution < -0.4 is 0 Å². The summed E-state index contributed by atoms with van der Waals surface area (Å²) in [6.45, 7) is 12.2. The maximum atomic E-state index is 9.88. The minimum absolute atomic E-state index is 0.00689. The van der Waals surface area contributed by atoms with Gasteiger partial charge in [-0.1, -0.05) is 92.4 Å². The van der Waals surface area contributed by atoms with Gasteiger partial charge in [-0.3, -0.25) is 0 Å². The molecule has 0 aromatic heterocycles. The fourth-order valence-corrected chi connectivity index (χ4v) is 4.25. The van der Waals surface area contributed by atoms with Crippen LogP contribution in [0.2, 0.25) is 0 Å². The van der Waals surface area contributed by atoms with Crippen LogP contribution in [-0.4, -0.2) is 53.1 Å². The van der Waals surface area contributed by atoms with Gasteiger partial charge < -0.3 is 24.8 Å². The highest BCUT2D eigenvalue weighted by Gasteiger charge is 2.38. The molecule has 1 aliphatic rings. The first kappa shape index (κ1) is 27.8. The number of rotatable bonds is 16. The Morgan fingerprint density at radius 2 is 1.17 bits per heavy atom. The van der Waals surface area contributed by atoms with Crippen molar-refractivity contribution >= 4 is 0 Å². The molecular formula is C25H50O5. The fourth-order valence-electron chi connectivity index (χ4n) is 4.25. The zero-order chi connectivity index (χ0) is 22.5. The standard InChI is InChI=1S/C25H50O5/c1-18(2)9-6-10-19(3)11-7-12-20(4)13-8-14-21(5)15-16-29-25-24(28)23(27)22(26)17-30-25/h18-28H,6-17H2,1-5H3/t19-,20-,21?,22-,23-,24+,25?/m0/s1. The van der Waals surface area contributed by atoms with E-state index < -0.39 is 24.6 Å². The molecule has 0 radical (unpaired) electrons. The van der Waals surface area contributed by atoms with Gasteiger partial charge in [-0.05, 0) is 30.1 Å². The molecule has 0 aromatic carbocycles. The minimum atomic E-state index is -1.20. The second-order valence-electron chi connectivity index (χ2n) is 10.4. The van der Waals surface area contributed by atoms with Crippen LogP contribution in [0.1, 0.15) is 98.8 Å². The summed E-state index contributed by atoms with van der Waals surface area (Å²) in [6.07, 6.45) is 8.56. The first-order valence-corrected chi connectivity index (χ1v) is 12.5. The van der Waals surface area contributed by atoms with Crippen LogP contribution in [0.25, 0.3) is 0 Å². The molecule has 1 fully saturated rings. The number of aliphatic hydroxyl groups is 3. The van der Waals surface area contributed by atoms with Crippen molar-refractivity contribution < 1.29 is 24.8 Å². The zero-order valence-electron chi connectivity index (χ0n) is 20.3. The molecule has 0 aromatic rings. The summed E-state index contributed by atoms with van der Waals surface area (Å²) in [4.78, 5) is 0. The lowest BCUT2D eigenvalue weighted by Gasteiger charge is -2.35. The molecule has 1 saturated heterocycles. The maximum absolute atomic E-state index is 9.88. The van der Waals surface area contributed by atoms with Crippen molar-refractivity contribution in [3.05, 3.63) is 0 Å². The van der Waals surface area contributed by atoms with E-state index in [9.17, 15) is 15.3 Å². The molecule has 0 aliphatic carbocycles. The Balaban J connectivity index is 2.02. The fraction of sp³-hybridized carbons (Fsp3) is 1.00. The SMILES string of the molecule is CC(C)CCC[C@H](C)CCC[C@H](C)CCCC(C)CCOC1OC[C@H](O)[C@H](O)[C@H]1O. The van der Waals surface area contributed by atoms with Gasteiger partial charge in [-0.25, -0.2) is 0 Å². The summed E-state index contributed by atoms with van der Waals surface area (Å²) in [6, 6.07) is 0. The van der Waals surface area contributed by atoms with Crippen molar-refractivity contribution in [3.8, 4) is 0 Å². The van der Waals surface area contributed by atoms with Gasteiger partial charge in [-0.15, -0.1) is 0 Å². The molecule has 5 nitrogen and oxygen atoms in total. The van der Waals surface area contributed by atoms with Gasteiger partial charge in [0.25, 0.3) is 0 Å². The van der Waals surface area contributed by atoms with Gasteiger partial charge in [0.05, 0.1) is 13.2 Å². The van der Waals surface area contributed by atoms with E-state index in [0.29, 0.717) is 12.5 Å². The van der Waals surface area contributed by atoms with Gasteiger partial charge in [-0.2, -0.15) is 0 Å². The monoisotopic (exact) mass is 430 g/mol. The summed E-state index contributed by atoms with van der Waals surface area (Å²) in [5, 5.41) is 29.0. The molecular weight excluding hydrogens is 380 g/mol. The second kappa shape index (κ2) is 15.6. The predicted octanol–water partition coefficient (Wildman–Crippen LogP) is 4.91. The number of ether oxygens (including phenoxy) is 2. The summed E-state index contributed by atoms with van der Waals surface area (Å²) < 4.78 is 10.9. The molecule has 0 saturated carbocycles. The Morgan fingerprint density at radius 1 is 0.700 bits per heavy atom. The van der Waals surface area contributed by atoms with Crippen molar-refractivity contribution in [2.24, 2.45) is 23.7 Å². The molecule has 0 spiro atoms. The van der Waals surface area contributed by atoms with E-state index in [0.717, 1.165) is 24.2 Å². The third-order valence-electron chi connectivity index (χ3n) is 6.61. The van der Waals surface area contributed by atoms with E-state index >= 15 is 0 Å². The second-order valence-corrected chi connectivity index (χ2v) is 10.4. The van der Waals surface area contributed by atoms with E-state index in [-0.39, 0.29) is 6.61 Å². The van der Waals surface area contributed by atoms with Crippen LogP contribution in [0.3, 0.4) is 0 Å². The molecule has 3 N–H and O–H groups in total. The lowest BCUT2D eigenvalue weighted by Crippen LogP contribution is -2.53. The Bertz CT molecular complexity index is 416. The number of aliphatic hydroxyl groups excluding tert-OH is 3. The van der Waals surface area contributed by atoms with Crippen LogP contribution >= 0.6 is 0 Å². The van der Waals surface area contributed by atoms with Gasteiger partial charge in [0, 0.05) is 0 Å². The third-order valence-corrected chi connectivity index (χ3v) is 6.61. The van der Waals surface area contributed by atoms with Crippen molar-refractivity contribution in [2.75, 3.05) is 13.2 Å². The molecule has 5 heteroatoms. The zero-order valence-corrected chi connectivity index (χ0v) is 20.3. The molecule has 2 unspecified atom stereocenters. The highest BCUT2D eigenvalue weighted by atomic mass is 16.7. The quantitative estimate of drug-likeness (QED) is 0.324. The Kier molecular flexibility index (Phi) is 14.5. The smallest absolute Gasteiger partial charge is 0.186 e. The molecule has 1 heterocycles. The Labute approximate surface area is 185 Å². The molecule has 0 amide bonds. The van der Waals surface area contributed by atoms with Gasteiger partial charge >= 0.3 is 0 Å². The first-order chi connectivity index (χ1) is 14.2. The normalized spacial score (nSPS) is 27.9. The molecule has 1 aliphatic heterocycles. The maximum Gasteiger partial charge on any atom is 0.186 e. The van der Waals surface area contributed by atoms with E-state index in [2.05, 4.69) is 34.6 Å². The summed E-state index contributed by atoms with van der Waals surface area (Å²) >= 11 is 0. The van der Waals surface area contributed by atoms with Crippen molar-refractivity contribution in [1.82, 2.24) is 0 Å². The van der Waals surface area contributed by atoms with E-state index in [1.54, 1.807) is 0 Å². The largest absolute Gasteiger partial charge is 0.388 e. The topological polar surface area (TPSA) is 79.2 Å². The predicted molar refractivity (Wildman–Crippen MR) is 122 cm³/mol. The molecule has 0 bridgehead atoms. The molecule has 7 atom stereocenters. The highest BCUT2D eigenvalue weighted by molar-refractivity contribution is 4.82. The van der Waals surface area contributed by atoms with Crippen LogP contribution in [0.15, 0.2) is 0 Å². The lowest BCUT2D eigenvalue weighted by molar-refractivity contribution is -0.270. The number of hydrogen-bond donors (Lipinski definition) is 3. The summed E-state index contributed by atoms with van der Waals surface area (Å²) in [7, 11) is 0. The Hall–Kier alpha value is -0.200. The molecule has 180 valence electrons. The van der Waals surface area contributed by atoms with E-state index in [1.807, 2.05) is 0 Å². The molecule has 30 heavy (non-hydrogen) atoms. The average Bonchev–Trinajstić information content (AvgIpc) is 2.67. The summed E-state index contributed by atoms with van der Waals surface area (Å²) in [5.41, 5.74) is 0. The van der Waals surface area contributed by atoms with Crippen molar-refractivity contribution in [3.63, 3.8) is 0 Å². The van der Waals surface area contributed by atoms with Gasteiger partial charge in [0.1, 0.15) is 18.3 Å². The average molecular weight is 431 g/mol. The van der Waals surface area contributed by atoms with E-state index in [1.165, 1.54) is 57.8 Å². The van der Waals surface area contributed by atoms with E-state index in [4.69, 9.17) is 9.47 Å². The Morgan fingerprint density at radius 3 is 1.67 bits per heavy atom. The molecule has 1 rings (SSSR count). The van der Waals surface area contributed by atoms with Crippen LogP contribution in [0, 0.1) is 23.7 Å². The van der Waals surface area contributed by atoms with Crippen LogP contribution in [0.5, 0.6) is 0 Å². The van der Waals surface area contributed by atoms with Gasteiger partial charge in [0.2, 0.25) is 0 Å². The van der Waals surface area contributed by atoms with Crippen molar-refractivity contribution in [1.29, 1.82) is 0 Å². The number of hydrogen-bond acceptors (Lipinski definition) is 5. The lowest BCUT2D eigenvalue weighted by atomic mass is 9.91.